The Morgan fingerprint density at radius 1 is 1.06 bits per heavy atom. The van der Waals surface area contributed by atoms with Gasteiger partial charge < -0.3 is 9.47 Å². The van der Waals surface area contributed by atoms with Gasteiger partial charge in [-0.2, -0.15) is 11.8 Å². The lowest BCUT2D eigenvalue weighted by molar-refractivity contribution is -0.149. The molecule has 0 aromatic heterocycles. The molecule has 2 amide bonds. The van der Waals surface area contributed by atoms with Crippen molar-refractivity contribution in [1.82, 2.24) is 4.90 Å². The number of benzene rings is 2. The Labute approximate surface area is 184 Å². The van der Waals surface area contributed by atoms with Gasteiger partial charge in [0, 0.05) is 11.1 Å². The van der Waals surface area contributed by atoms with E-state index in [1.807, 2.05) is 6.26 Å². The highest BCUT2D eigenvalue weighted by Crippen LogP contribution is 2.27. The number of rotatable bonds is 9. The monoisotopic (exact) mass is 441 g/mol. The number of amides is 2. The SMILES string of the molecule is COc1ccc(C(C)=O)cc1COC(=O)C(CCSC)N1C(=O)c2ccccc2C1=O. The molecule has 1 aliphatic heterocycles. The molecule has 7 nitrogen and oxygen atoms in total. The quantitative estimate of drug-likeness (QED) is 0.335. The molecule has 1 atom stereocenters. The van der Waals surface area contributed by atoms with Crippen LogP contribution in [0, 0.1) is 0 Å². The number of carbonyl (C=O) groups is 4. The summed E-state index contributed by atoms with van der Waals surface area (Å²) in [5.41, 5.74) is 1.55. The predicted molar refractivity (Wildman–Crippen MR) is 117 cm³/mol. The summed E-state index contributed by atoms with van der Waals surface area (Å²) in [4.78, 5) is 51.3. The molecule has 2 aromatic rings. The highest BCUT2D eigenvalue weighted by Gasteiger charge is 2.43. The summed E-state index contributed by atoms with van der Waals surface area (Å²) < 4.78 is 10.8. The first kappa shape index (κ1) is 22.6. The molecule has 0 saturated carbocycles. The van der Waals surface area contributed by atoms with Crippen molar-refractivity contribution in [2.75, 3.05) is 19.1 Å². The lowest BCUT2D eigenvalue weighted by Gasteiger charge is -2.24. The first-order valence-electron chi connectivity index (χ1n) is 9.69. The number of ketones is 1. The van der Waals surface area contributed by atoms with Gasteiger partial charge in [0.15, 0.2) is 5.78 Å². The Hall–Kier alpha value is -3.13. The minimum absolute atomic E-state index is 0.126. The minimum atomic E-state index is -1.04. The fourth-order valence-corrected chi connectivity index (χ4v) is 3.89. The van der Waals surface area contributed by atoms with Gasteiger partial charge in [-0.3, -0.25) is 19.3 Å². The topological polar surface area (TPSA) is 90.0 Å². The van der Waals surface area contributed by atoms with Crippen molar-refractivity contribution < 1.29 is 28.7 Å². The van der Waals surface area contributed by atoms with Crippen LogP contribution in [0.1, 0.15) is 50.0 Å². The van der Waals surface area contributed by atoms with Crippen molar-refractivity contribution in [3.63, 3.8) is 0 Å². The second kappa shape index (κ2) is 9.78. The van der Waals surface area contributed by atoms with Gasteiger partial charge in [-0.15, -0.1) is 0 Å². The summed E-state index contributed by atoms with van der Waals surface area (Å²) in [6, 6.07) is 10.3. The number of fused-ring (bicyclic) bond motifs is 1. The summed E-state index contributed by atoms with van der Waals surface area (Å²) in [5, 5.41) is 0. The number of ether oxygens (including phenoxy) is 2. The molecule has 0 spiro atoms. The molecule has 1 aliphatic rings. The van der Waals surface area contributed by atoms with E-state index in [0.29, 0.717) is 22.6 Å². The van der Waals surface area contributed by atoms with E-state index in [9.17, 15) is 19.2 Å². The number of carbonyl (C=O) groups excluding carboxylic acids is 4. The summed E-state index contributed by atoms with van der Waals surface area (Å²) in [5.74, 6) is -0.771. The summed E-state index contributed by atoms with van der Waals surface area (Å²) in [6.45, 7) is 1.29. The average Bonchev–Trinajstić information content (AvgIpc) is 3.03. The van der Waals surface area contributed by atoms with Gasteiger partial charge in [0.25, 0.3) is 11.8 Å². The molecule has 162 valence electrons. The predicted octanol–water partition coefficient (Wildman–Crippen LogP) is 3.36. The standard InChI is InChI=1S/C23H23NO6S/c1-14(25)15-8-9-20(29-2)16(12-15)13-30-23(28)19(10-11-31-3)24-21(26)17-6-4-5-7-18(17)22(24)27/h4-9,12,19H,10-11,13H2,1-3H3. The Morgan fingerprint density at radius 2 is 1.71 bits per heavy atom. The van der Waals surface area contributed by atoms with Crippen LogP contribution in [0.2, 0.25) is 0 Å². The number of methoxy groups -OCH3 is 1. The third kappa shape index (κ3) is 4.64. The van der Waals surface area contributed by atoms with Crippen molar-refractivity contribution >= 4 is 35.3 Å². The fourth-order valence-electron chi connectivity index (χ4n) is 3.43. The molecule has 3 rings (SSSR count). The molecule has 1 heterocycles. The molecule has 8 heteroatoms. The number of esters is 1. The van der Waals surface area contributed by atoms with Crippen LogP contribution in [0.3, 0.4) is 0 Å². The average molecular weight is 442 g/mol. The van der Waals surface area contributed by atoms with Gasteiger partial charge in [-0.1, -0.05) is 12.1 Å². The molecule has 0 fully saturated rings. The molecule has 0 aliphatic carbocycles. The molecule has 2 aromatic carbocycles. The maximum absolute atomic E-state index is 13.0. The van der Waals surface area contributed by atoms with E-state index >= 15 is 0 Å². The lowest BCUT2D eigenvalue weighted by Crippen LogP contribution is -2.46. The van der Waals surface area contributed by atoms with Gasteiger partial charge in [0.05, 0.1) is 18.2 Å². The summed E-state index contributed by atoms with van der Waals surface area (Å²) in [6.07, 6.45) is 2.15. The van der Waals surface area contributed by atoms with Crippen LogP contribution in [0.4, 0.5) is 0 Å². The summed E-state index contributed by atoms with van der Waals surface area (Å²) >= 11 is 1.50. The van der Waals surface area contributed by atoms with E-state index in [1.54, 1.807) is 42.5 Å². The van der Waals surface area contributed by atoms with Crippen LogP contribution in [-0.2, 0) is 16.1 Å². The highest BCUT2D eigenvalue weighted by atomic mass is 32.2. The van der Waals surface area contributed by atoms with Crippen molar-refractivity contribution in [1.29, 1.82) is 0 Å². The maximum atomic E-state index is 13.0. The van der Waals surface area contributed by atoms with Gasteiger partial charge in [0.1, 0.15) is 18.4 Å². The van der Waals surface area contributed by atoms with Crippen molar-refractivity contribution in [3.05, 3.63) is 64.7 Å². The van der Waals surface area contributed by atoms with E-state index in [1.165, 1.54) is 25.8 Å². The molecular formula is C23H23NO6S. The number of hydrogen-bond acceptors (Lipinski definition) is 7. The molecule has 0 N–H and O–H groups in total. The third-order valence-electron chi connectivity index (χ3n) is 5.06. The van der Waals surface area contributed by atoms with Crippen LogP contribution in [-0.4, -0.2) is 53.6 Å². The zero-order valence-corrected chi connectivity index (χ0v) is 18.4. The van der Waals surface area contributed by atoms with E-state index in [4.69, 9.17) is 9.47 Å². The molecule has 1 unspecified atom stereocenters. The van der Waals surface area contributed by atoms with Crippen LogP contribution in [0.15, 0.2) is 42.5 Å². The largest absolute Gasteiger partial charge is 0.496 e. The number of imide groups is 1. The molecule has 0 radical (unpaired) electrons. The number of hydrogen-bond donors (Lipinski definition) is 0. The van der Waals surface area contributed by atoms with Crippen molar-refractivity contribution in [2.24, 2.45) is 0 Å². The van der Waals surface area contributed by atoms with Gasteiger partial charge in [-0.25, -0.2) is 4.79 Å². The minimum Gasteiger partial charge on any atom is -0.496 e. The van der Waals surface area contributed by atoms with E-state index in [0.717, 1.165) is 4.90 Å². The molecule has 31 heavy (non-hydrogen) atoms. The van der Waals surface area contributed by atoms with E-state index < -0.39 is 23.8 Å². The Morgan fingerprint density at radius 3 is 2.26 bits per heavy atom. The number of nitrogens with zero attached hydrogens (tertiary/aromatic N) is 1. The second-order valence-electron chi connectivity index (χ2n) is 7.01. The van der Waals surface area contributed by atoms with Crippen LogP contribution in [0.5, 0.6) is 5.75 Å². The van der Waals surface area contributed by atoms with Gasteiger partial charge in [-0.05, 0) is 55.7 Å². The normalized spacial score (nSPS) is 13.7. The maximum Gasteiger partial charge on any atom is 0.329 e. The van der Waals surface area contributed by atoms with E-state index in [-0.39, 0.29) is 29.9 Å². The third-order valence-corrected chi connectivity index (χ3v) is 5.71. The Bertz CT molecular complexity index is 999. The molecule has 0 bridgehead atoms. The zero-order chi connectivity index (χ0) is 22.5. The zero-order valence-electron chi connectivity index (χ0n) is 17.5. The summed E-state index contributed by atoms with van der Waals surface area (Å²) in [7, 11) is 1.48. The number of thioether (sulfide) groups is 1. The molecule has 0 saturated heterocycles. The first-order chi connectivity index (χ1) is 14.9. The molecular weight excluding hydrogens is 418 g/mol. The van der Waals surface area contributed by atoms with Gasteiger partial charge >= 0.3 is 5.97 Å². The Balaban J connectivity index is 1.82. The highest BCUT2D eigenvalue weighted by molar-refractivity contribution is 7.98. The lowest BCUT2D eigenvalue weighted by atomic mass is 10.1. The fraction of sp³-hybridized carbons (Fsp3) is 0.304. The van der Waals surface area contributed by atoms with Crippen LogP contribution >= 0.6 is 11.8 Å². The number of Topliss-reactive ketones (excluding diaryl/α,β-unsaturated/α-hetero) is 1. The van der Waals surface area contributed by atoms with Crippen LogP contribution < -0.4 is 4.74 Å². The first-order valence-corrected chi connectivity index (χ1v) is 11.1. The smallest absolute Gasteiger partial charge is 0.329 e. The van der Waals surface area contributed by atoms with E-state index in [2.05, 4.69) is 0 Å². The van der Waals surface area contributed by atoms with Crippen LogP contribution in [0.25, 0.3) is 0 Å². The van der Waals surface area contributed by atoms with Crippen molar-refractivity contribution in [3.8, 4) is 5.75 Å². The second-order valence-corrected chi connectivity index (χ2v) is 8.00. The Kier molecular flexibility index (Phi) is 7.12. The van der Waals surface area contributed by atoms with Gasteiger partial charge in [0.2, 0.25) is 0 Å². The van der Waals surface area contributed by atoms with Crippen molar-refractivity contribution in [2.45, 2.75) is 26.0 Å².